The molecule has 1 aliphatic heterocycles. The standard InChI is InChI=1S/C27H26N2O3/c1-31-24-14-11-18(15-25(24)32-2)26-21-10-6-9-20(21)22-16-19(12-13-23(22)29-26)28-27(30)17-7-4-3-5-8-17/h3-9,11-16,20-21,26,29H,10H2,1-2H3,(H,28,30). The fraction of sp³-hybridized carbons (Fsp3) is 0.222. The van der Waals surface area contributed by atoms with E-state index in [-0.39, 0.29) is 17.9 Å². The van der Waals surface area contributed by atoms with E-state index in [0.29, 0.717) is 11.5 Å². The molecule has 0 spiro atoms. The van der Waals surface area contributed by atoms with E-state index in [1.165, 1.54) is 11.1 Å². The molecule has 3 aromatic carbocycles. The summed E-state index contributed by atoms with van der Waals surface area (Å²) in [4.78, 5) is 12.6. The first kappa shape index (κ1) is 20.2. The van der Waals surface area contributed by atoms with Crippen LogP contribution in [0.5, 0.6) is 11.5 Å². The fourth-order valence-electron chi connectivity index (χ4n) is 4.84. The van der Waals surface area contributed by atoms with E-state index in [1.807, 2.05) is 42.5 Å². The number of carbonyl (C=O) groups excluding carboxylic acids is 1. The molecule has 162 valence electrons. The third kappa shape index (κ3) is 3.60. The van der Waals surface area contributed by atoms with Crippen molar-refractivity contribution >= 4 is 17.3 Å². The van der Waals surface area contributed by atoms with Gasteiger partial charge in [-0.1, -0.05) is 36.4 Å². The van der Waals surface area contributed by atoms with E-state index >= 15 is 0 Å². The SMILES string of the molecule is COc1ccc(C2Nc3ccc(NC(=O)c4ccccc4)cc3C3C=CCC32)cc1OC. The maximum Gasteiger partial charge on any atom is 0.255 e. The molecule has 2 aliphatic rings. The minimum absolute atomic E-state index is 0.101. The van der Waals surface area contributed by atoms with Crippen molar-refractivity contribution in [1.82, 2.24) is 0 Å². The third-order valence-corrected chi connectivity index (χ3v) is 6.42. The van der Waals surface area contributed by atoms with Crippen LogP contribution < -0.4 is 20.1 Å². The van der Waals surface area contributed by atoms with Crippen LogP contribution in [0.4, 0.5) is 11.4 Å². The van der Waals surface area contributed by atoms with Gasteiger partial charge in [0, 0.05) is 22.9 Å². The summed E-state index contributed by atoms with van der Waals surface area (Å²) in [6.45, 7) is 0. The first-order chi connectivity index (χ1) is 15.7. The molecule has 0 radical (unpaired) electrons. The fourth-order valence-corrected chi connectivity index (χ4v) is 4.84. The molecular weight excluding hydrogens is 400 g/mol. The lowest BCUT2D eigenvalue weighted by molar-refractivity contribution is 0.102. The Kier molecular flexibility index (Phi) is 5.31. The maximum atomic E-state index is 12.6. The van der Waals surface area contributed by atoms with Crippen molar-refractivity contribution < 1.29 is 14.3 Å². The second-order valence-corrected chi connectivity index (χ2v) is 8.21. The lowest BCUT2D eigenvalue weighted by Gasteiger charge is -2.38. The highest BCUT2D eigenvalue weighted by atomic mass is 16.5. The van der Waals surface area contributed by atoms with Gasteiger partial charge in [0.1, 0.15) is 0 Å². The molecule has 1 amide bonds. The summed E-state index contributed by atoms with van der Waals surface area (Å²) in [6.07, 6.45) is 5.55. The molecule has 1 aliphatic carbocycles. The Morgan fingerprint density at radius 3 is 2.56 bits per heavy atom. The van der Waals surface area contributed by atoms with Gasteiger partial charge in [-0.2, -0.15) is 0 Å². The Bertz CT molecular complexity index is 1170. The van der Waals surface area contributed by atoms with Crippen LogP contribution in [0.15, 0.2) is 78.9 Å². The van der Waals surface area contributed by atoms with Crippen molar-refractivity contribution in [2.24, 2.45) is 5.92 Å². The Hall–Kier alpha value is -3.73. The number of methoxy groups -OCH3 is 2. The molecule has 0 saturated carbocycles. The third-order valence-electron chi connectivity index (χ3n) is 6.42. The number of anilines is 2. The number of amides is 1. The summed E-state index contributed by atoms with van der Waals surface area (Å²) in [6, 6.07) is 21.7. The van der Waals surface area contributed by atoms with Crippen LogP contribution in [0.25, 0.3) is 0 Å². The molecule has 0 saturated heterocycles. The summed E-state index contributed by atoms with van der Waals surface area (Å²) in [5, 5.41) is 6.77. The number of nitrogens with one attached hydrogen (secondary N) is 2. The Labute approximate surface area is 188 Å². The highest BCUT2D eigenvalue weighted by Crippen LogP contribution is 2.51. The van der Waals surface area contributed by atoms with E-state index in [9.17, 15) is 4.79 Å². The topological polar surface area (TPSA) is 59.6 Å². The number of hydrogen-bond donors (Lipinski definition) is 2. The van der Waals surface area contributed by atoms with Crippen molar-refractivity contribution in [3.05, 3.63) is 95.6 Å². The molecule has 3 atom stereocenters. The average molecular weight is 427 g/mol. The van der Waals surface area contributed by atoms with Gasteiger partial charge in [-0.05, 0) is 65.9 Å². The van der Waals surface area contributed by atoms with E-state index in [2.05, 4.69) is 47.1 Å². The predicted octanol–water partition coefficient (Wildman–Crippen LogP) is 5.78. The molecule has 5 heteroatoms. The van der Waals surface area contributed by atoms with Gasteiger partial charge in [-0.3, -0.25) is 4.79 Å². The molecule has 32 heavy (non-hydrogen) atoms. The minimum atomic E-state index is -0.101. The van der Waals surface area contributed by atoms with Crippen molar-refractivity contribution in [3.8, 4) is 11.5 Å². The summed E-state index contributed by atoms with van der Waals surface area (Å²) in [7, 11) is 3.31. The zero-order chi connectivity index (χ0) is 22.1. The van der Waals surface area contributed by atoms with Crippen LogP contribution in [-0.2, 0) is 0 Å². The lowest BCUT2D eigenvalue weighted by atomic mass is 9.77. The van der Waals surface area contributed by atoms with Gasteiger partial charge in [0.15, 0.2) is 11.5 Å². The van der Waals surface area contributed by atoms with E-state index in [4.69, 9.17) is 9.47 Å². The zero-order valence-electron chi connectivity index (χ0n) is 18.2. The van der Waals surface area contributed by atoms with Gasteiger partial charge >= 0.3 is 0 Å². The molecular formula is C27H26N2O3. The summed E-state index contributed by atoms with van der Waals surface area (Å²) >= 11 is 0. The normalized spacial score (nSPS) is 20.6. The lowest BCUT2D eigenvalue weighted by Crippen LogP contribution is -2.29. The number of hydrogen-bond acceptors (Lipinski definition) is 4. The van der Waals surface area contributed by atoms with Gasteiger partial charge in [-0.25, -0.2) is 0 Å². The Balaban J connectivity index is 1.44. The van der Waals surface area contributed by atoms with E-state index in [0.717, 1.165) is 29.3 Å². The van der Waals surface area contributed by atoms with E-state index < -0.39 is 0 Å². The second-order valence-electron chi connectivity index (χ2n) is 8.21. The number of rotatable bonds is 5. The van der Waals surface area contributed by atoms with E-state index in [1.54, 1.807) is 14.2 Å². The monoisotopic (exact) mass is 426 g/mol. The van der Waals surface area contributed by atoms with Crippen LogP contribution in [0.3, 0.4) is 0 Å². The molecule has 2 N–H and O–H groups in total. The predicted molar refractivity (Wildman–Crippen MR) is 127 cm³/mol. The minimum Gasteiger partial charge on any atom is -0.493 e. The smallest absolute Gasteiger partial charge is 0.255 e. The van der Waals surface area contributed by atoms with Gasteiger partial charge in [0.25, 0.3) is 5.91 Å². The van der Waals surface area contributed by atoms with Crippen molar-refractivity contribution in [3.63, 3.8) is 0 Å². The van der Waals surface area contributed by atoms with Crippen LogP contribution in [0.1, 0.15) is 39.9 Å². The summed E-state index contributed by atoms with van der Waals surface area (Å²) < 4.78 is 10.9. The molecule has 3 aromatic rings. The van der Waals surface area contributed by atoms with Gasteiger partial charge in [-0.15, -0.1) is 0 Å². The van der Waals surface area contributed by atoms with Gasteiger partial charge in [0.05, 0.1) is 20.3 Å². The number of carbonyl (C=O) groups is 1. The Morgan fingerprint density at radius 1 is 0.969 bits per heavy atom. The van der Waals surface area contributed by atoms with Crippen LogP contribution >= 0.6 is 0 Å². The van der Waals surface area contributed by atoms with Gasteiger partial charge in [0.2, 0.25) is 0 Å². The number of allylic oxidation sites excluding steroid dienone is 2. The maximum absolute atomic E-state index is 12.6. The highest BCUT2D eigenvalue weighted by Gasteiger charge is 2.38. The van der Waals surface area contributed by atoms with Crippen molar-refractivity contribution in [2.75, 3.05) is 24.9 Å². The molecule has 5 rings (SSSR count). The number of fused-ring (bicyclic) bond motifs is 3. The largest absolute Gasteiger partial charge is 0.493 e. The van der Waals surface area contributed by atoms with Crippen LogP contribution in [-0.4, -0.2) is 20.1 Å². The van der Waals surface area contributed by atoms with Crippen LogP contribution in [0.2, 0.25) is 0 Å². The highest BCUT2D eigenvalue weighted by molar-refractivity contribution is 6.04. The van der Waals surface area contributed by atoms with Crippen molar-refractivity contribution in [2.45, 2.75) is 18.4 Å². The average Bonchev–Trinajstić information content (AvgIpc) is 3.34. The quantitative estimate of drug-likeness (QED) is 0.508. The number of ether oxygens (including phenoxy) is 2. The van der Waals surface area contributed by atoms with Crippen molar-refractivity contribution in [1.29, 1.82) is 0 Å². The molecule has 0 fully saturated rings. The Morgan fingerprint density at radius 2 is 1.78 bits per heavy atom. The summed E-state index contributed by atoms with van der Waals surface area (Å²) in [5.74, 6) is 2.04. The molecule has 0 aromatic heterocycles. The van der Waals surface area contributed by atoms with Crippen LogP contribution in [0, 0.1) is 5.92 Å². The summed E-state index contributed by atoms with van der Waals surface area (Å²) in [5.41, 5.74) is 4.94. The second kappa shape index (κ2) is 8.42. The molecule has 3 unspecified atom stereocenters. The first-order valence-corrected chi connectivity index (χ1v) is 10.8. The molecule has 1 heterocycles. The molecule has 5 nitrogen and oxygen atoms in total. The number of benzene rings is 3. The molecule has 0 bridgehead atoms. The first-order valence-electron chi connectivity index (χ1n) is 10.8. The zero-order valence-corrected chi connectivity index (χ0v) is 18.2. The van der Waals surface area contributed by atoms with Gasteiger partial charge < -0.3 is 20.1 Å².